The molecular formula is C20H20N4O2. The number of anilines is 1. The van der Waals surface area contributed by atoms with Crippen LogP contribution in [-0.2, 0) is 13.0 Å². The maximum Gasteiger partial charge on any atom is 0.226 e. The van der Waals surface area contributed by atoms with Crippen LogP contribution in [0.4, 0.5) is 5.95 Å². The lowest BCUT2D eigenvalue weighted by molar-refractivity contribution is 0.353. The lowest BCUT2D eigenvalue weighted by Gasteiger charge is -2.29. The van der Waals surface area contributed by atoms with Gasteiger partial charge in [0.25, 0.3) is 0 Å². The van der Waals surface area contributed by atoms with Crippen LogP contribution in [0.25, 0.3) is 11.3 Å². The number of pyridine rings is 1. The van der Waals surface area contributed by atoms with Crippen molar-refractivity contribution in [2.24, 2.45) is 0 Å². The Hall–Kier alpha value is -3.15. The number of hydrogen-bond donors (Lipinski definition) is 0. The molecule has 0 saturated carbocycles. The number of hydrogen-bond acceptors (Lipinski definition) is 6. The average Bonchev–Trinajstić information content (AvgIpc) is 2.73. The Balaban J connectivity index is 1.63. The summed E-state index contributed by atoms with van der Waals surface area (Å²) in [7, 11) is 3.32. The van der Waals surface area contributed by atoms with Crippen LogP contribution in [0, 0.1) is 0 Å². The van der Waals surface area contributed by atoms with Crippen LogP contribution in [-0.4, -0.2) is 35.7 Å². The minimum Gasteiger partial charge on any atom is -0.493 e. The minimum absolute atomic E-state index is 0.736. The van der Waals surface area contributed by atoms with Crippen LogP contribution >= 0.6 is 0 Å². The van der Waals surface area contributed by atoms with Crippen molar-refractivity contribution in [2.75, 3.05) is 25.7 Å². The lowest BCUT2D eigenvalue weighted by atomic mass is 9.99. The second-order valence-corrected chi connectivity index (χ2v) is 6.13. The molecule has 132 valence electrons. The van der Waals surface area contributed by atoms with E-state index in [0.717, 1.165) is 48.2 Å². The van der Waals surface area contributed by atoms with Gasteiger partial charge in [-0.15, -0.1) is 0 Å². The lowest BCUT2D eigenvalue weighted by Crippen LogP contribution is -2.31. The first-order valence-electron chi connectivity index (χ1n) is 8.50. The molecule has 1 aliphatic rings. The zero-order valence-electron chi connectivity index (χ0n) is 14.8. The van der Waals surface area contributed by atoms with Crippen LogP contribution in [0.2, 0.25) is 0 Å². The topological polar surface area (TPSA) is 60.4 Å². The molecule has 0 unspecified atom stereocenters. The van der Waals surface area contributed by atoms with Crippen molar-refractivity contribution in [3.05, 3.63) is 60.0 Å². The Morgan fingerprint density at radius 2 is 1.65 bits per heavy atom. The molecule has 0 N–H and O–H groups in total. The number of nitrogens with zero attached hydrogens (tertiary/aromatic N) is 4. The van der Waals surface area contributed by atoms with E-state index in [0.29, 0.717) is 0 Å². The summed E-state index contributed by atoms with van der Waals surface area (Å²) >= 11 is 0. The predicted molar refractivity (Wildman–Crippen MR) is 99.6 cm³/mol. The van der Waals surface area contributed by atoms with E-state index in [4.69, 9.17) is 14.5 Å². The van der Waals surface area contributed by atoms with Crippen molar-refractivity contribution >= 4 is 5.95 Å². The fraction of sp³-hybridized carbons (Fsp3) is 0.250. The van der Waals surface area contributed by atoms with Gasteiger partial charge in [0.05, 0.1) is 19.9 Å². The number of methoxy groups -OCH3 is 2. The second kappa shape index (κ2) is 7.00. The number of ether oxygens (including phenoxy) is 2. The summed E-state index contributed by atoms with van der Waals surface area (Å²) in [5.74, 6) is 2.26. The molecule has 0 aliphatic carbocycles. The first kappa shape index (κ1) is 16.3. The first-order chi connectivity index (χ1) is 12.8. The average molecular weight is 348 g/mol. The van der Waals surface area contributed by atoms with Crippen LogP contribution in [0.1, 0.15) is 11.1 Å². The highest BCUT2D eigenvalue weighted by Gasteiger charge is 2.21. The summed E-state index contributed by atoms with van der Waals surface area (Å²) in [5.41, 5.74) is 4.43. The number of fused-ring (bicyclic) bond motifs is 1. The Morgan fingerprint density at radius 1 is 0.923 bits per heavy atom. The Bertz CT molecular complexity index is 915. The summed E-state index contributed by atoms with van der Waals surface area (Å²) in [6.45, 7) is 1.61. The van der Waals surface area contributed by atoms with Gasteiger partial charge in [-0.25, -0.2) is 9.97 Å². The Morgan fingerprint density at radius 3 is 2.38 bits per heavy atom. The molecular weight excluding hydrogens is 328 g/mol. The normalized spacial score (nSPS) is 13.2. The van der Waals surface area contributed by atoms with E-state index in [-0.39, 0.29) is 0 Å². The van der Waals surface area contributed by atoms with E-state index in [1.165, 1.54) is 11.1 Å². The fourth-order valence-electron chi connectivity index (χ4n) is 3.24. The summed E-state index contributed by atoms with van der Waals surface area (Å²) in [6.07, 6.45) is 6.27. The van der Waals surface area contributed by atoms with Gasteiger partial charge in [0.15, 0.2) is 11.5 Å². The smallest absolute Gasteiger partial charge is 0.226 e. The van der Waals surface area contributed by atoms with Crippen molar-refractivity contribution in [3.63, 3.8) is 0 Å². The van der Waals surface area contributed by atoms with Crippen LogP contribution in [0.15, 0.2) is 48.9 Å². The maximum absolute atomic E-state index is 5.44. The van der Waals surface area contributed by atoms with Crippen LogP contribution in [0.3, 0.4) is 0 Å². The zero-order valence-corrected chi connectivity index (χ0v) is 14.8. The third kappa shape index (κ3) is 3.06. The third-order valence-corrected chi connectivity index (χ3v) is 4.62. The molecule has 4 rings (SSSR count). The molecule has 6 heteroatoms. The molecule has 3 aromatic rings. The standard InChI is InChI=1S/C20H20N4O2/c1-25-18-11-15-6-10-24(13-16(15)12-19(18)26-2)20-22-9-5-17(23-20)14-3-7-21-8-4-14/h3-5,7-9,11-12H,6,10,13H2,1-2H3. The van der Waals surface area contributed by atoms with E-state index in [2.05, 4.69) is 20.9 Å². The highest BCUT2D eigenvalue weighted by molar-refractivity contribution is 5.59. The van der Waals surface area contributed by atoms with Crippen molar-refractivity contribution in [2.45, 2.75) is 13.0 Å². The van der Waals surface area contributed by atoms with E-state index in [1.54, 1.807) is 26.6 Å². The number of benzene rings is 1. The van der Waals surface area contributed by atoms with Crippen molar-refractivity contribution in [1.82, 2.24) is 15.0 Å². The summed E-state index contributed by atoms with van der Waals surface area (Å²) in [6, 6.07) is 9.95. The van der Waals surface area contributed by atoms with Gasteiger partial charge in [-0.3, -0.25) is 4.98 Å². The maximum atomic E-state index is 5.44. The molecule has 6 nitrogen and oxygen atoms in total. The summed E-state index contributed by atoms with van der Waals surface area (Å²) in [5, 5.41) is 0. The minimum atomic E-state index is 0.736. The van der Waals surface area contributed by atoms with Gasteiger partial charge in [0, 0.05) is 37.2 Å². The van der Waals surface area contributed by atoms with Gasteiger partial charge in [0.2, 0.25) is 5.95 Å². The van der Waals surface area contributed by atoms with E-state index >= 15 is 0 Å². The quantitative estimate of drug-likeness (QED) is 0.722. The van der Waals surface area contributed by atoms with Gasteiger partial charge in [0.1, 0.15) is 0 Å². The summed E-state index contributed by atoms with van der Waals surface area (Å²) in [4.78, 5) is 15.5. The van der Waals surface area contributed by atoms with Crippen LogP contribution < -0.4 is 14.4 Å². The van der Waals surface area contributed by atoms with E-state index in [1.807, 2.05) is 30.5 Å². The molecule has 1 aromatic carbocycles. The highest BCUT2D eigenvalue weighted by Crippen LogP contribution is 2.34. The molecule has 0 amide bonds. The SMILES string of the molecule is COc1cc2c(cc1OC)CN(c1nccc(-c3ccncc3)n1)CC2. The van der Waals surface area contributed by atoms with Gasteiger partial charge in [-0.1, -0.05) is 0 Å². The van der Waals surface area contributed by atoms with E-state index < -0.39 is 0 Å². The largest absolute Gasteiger partial charge is 0.493 e. The van der Waals surface area contributed by atoms with Crippen molar-refractivity contribution in [3.8, 4) is 22.8 Å². The highest BCUT2D eigenvalue weighted by atomic mass is 16.5. The molecule has 3 heterocycles. The monoisotopic (exact) mass is 348 g/mol. The molecule has 1 aliphatic heterocycles. The first-order valence-corrected chi connectivity index (χ1v) is 8.50. The molecule has 0 atom stereocenters. The Labute approximate surface area is 152 Å². The molecule has 0 saturated heterocycles. The van der Waals surface area contributed by atoms with Crippen LogP contribution in [0.5, 0.6) is 11.5 Å². The number of rotatable bonds is 4. The fourth-order valence-corrected chi connectivity index (χ4v) is 3.24. The Kier molecular flexibility index (Phi) is 4.39. The van der Waals surface area contributed by atoms with Gasteiger partial charge < -0.3 is 14.4 Å². The van der Waals surface area contributed by atoms with Gasteiger partial charge in [-0.2, -0.15) is 0 Å². The molecule has 2 aromatic heterocycles. The number of aromatic nitrogens is 3. The molecule has 0 fully saturated rings. The molecule has 26 heavy (non-hydrogen) atoms. The third-order valence-electron chi connectivity index (χ3n) is 4.62. The van der Waals surface area contributed by atoms with Gasteiger partial charge >= 0.3 is 0 Å². The molecule has 0 radical (unpaired) electrons. The zero-order chi connectivity index (χ0) is 17.9. The summed E-state index contributed by atoms with van der Waals surface area (Å²) < 4.78 is 10.8. The molecule has 0 bridgehead atoms. The van der Waals surface area contributed by atoms with Crippen molar-refractivity contribution in [1.29, 1.82) is 0 Å². The van der Waals surface area contributed by atoms with E-state index in [9.17, 15) is 0 Å². The predicted octanol–water partition coefficient (Wildman–Crippen LogP) is 3.12. The molecule has 0 spiro atoms. The second-order valence-electron chi connectivity index (χ2n) is 6.13. The van der Waals surface area contributed by atoms with Crippen molar-refractivity contribution < 1.29 is 9.47 Å². The van der Waals surface area contributed by atoms with Gasteiger partial charge in [-0.05, 0) is 47.9 Å².